The summed E-state index contributed by atoms with van der Waals surface area (Å²) >= 11 is 0. The van der Waals surface area contributed by atoms with Gasteiger partial charge >= 0.3 is 0 Å². The predicted molar refractivity (Wildman–Crippen MR) is 77.4 cm³/mol. The van der Waals surface area contributed by atoms with Gasteiger partial charge in [0.2, 0.25) is 0 Å². The van der Waals surface area contributed by atoms with Crippen LogP contribution in [0.15, 0.2) is 35.5 Å². The SMILES string of the molecule is NC(CCN(CCCc1ccccc1)C1CC1)=NO. The molecule has 0 amide bonds. The van der Waals surface area contributed by atoms with Crippen LogP contribution < -0.4 is 5.73 Å². The number of nitrogens with two attached hydrogens (primary N) is 1. The van der Waals surface area contributed by atoms with Crippen molar-refractivity contribution in [3.63, 3.8) is 0 Å². The average Bonchev–Trinajstić information content (AvgIpc) is 3.28. The van der Waals surface area contributed by atoms with Gasteiger partial charge in [-0.1, -0.05) is 35.5 Å². The van der Waals surface area contributed by atoms with Crippen LogP contribution >= 0.6 is 0 Å². The van der Waals surface area contributed by atoms with Gasteiger partial charge in [-0.05, 0) is 37.8 Å². The van der Waals surface area contributed by atoms with Crippen LogP contribution in [0, 0.1) is 0 Å². The molecule has 0 spiro atoms. The van der Waals surface area contributed by atoms with Crippen molar-refractivity contribution in [3.05, 3.63) is 35.9 Å². The molecule has 0 aliphatic heterocycles. The van der Waals surface area contributed by atoms with Crippen molar-refractivity contribution in [2.45, 2.75) is 38.1 Å². The monoisotopic (exact) mass is 261 g/mol. The molecular weight excluding hydrogens is 238 g/mol. The summed E-state index contributed by atoms with van der Waals surface area (Å²) in [6.45, 7) is 1.99. The third-order valence-corrected chi connectivity index (χ3v) is 3.60. The van der Waals surface area contributed by atoms with E-state index in [-0.39, 0.29) is 0 Å². The lowest BCUT2D eigenvalue weighted by Gasteiger charge is -2.21. The van der Waals surface area contributed by atoms with E-state index in [4.69, 9.17) is 10.9 Å². The molecule has 1 fully saturated rings. The molecule has 0 aromatic heterocycles. The highest BCUT2D eigenvalue weighted by Gasteiger charge is 2.28. The van der Waals surface area contributed by atoms with E-state index in [1.807, 2.05) is 0 Å². The summed E-state index contributed by atoms with van der Waals surface area (Å²) < 4.78 is 0. The summed E-state index contributed by atoms with van der Waals surface area (Å²) in [4.78, 5) is 2.47. The molecule has 104 valence electrons. The first-order chi connectivity index (χ1) is 9.29. The van der Waals surface area contributed by atoms with Gasteiger partial charge in [0, 0.05) is 19.0 Å². The molecule has 4 nitrogen and oxygen atoms in total. The smallest absolute Gasteiger partial charge is 0.140 e. The second kappa shape index (κ2) is 7.14. The van der Waals surface area contributed by atoms with Crippen molar-refractivity contribution in [2.24, 2.45) is 10.9 Å². The van der Waals surface area contributed by atoms with E-state index in [0.29, 0.717) is 12.3 Å². The van der Waals surface area contributed by atoms with Gasteiger partial charge in [0.15, 0.2) is 0 Å². The van der Waals surface area contributed by atoms with Crippen LogP contribution in [0.25, 0.3) is 0 Å². The number of nitrogens with zero attached hydrogens (tertiary/aromatic N) is 2. The summed E-state index contributed by atoms with van der Waals surface area (Å²) in [5.41, 5.74) is 6.93. The fourth-order valence-corrected chi connectivity index (χ4v) is 2.36. The predicted octanol–water partition coefficient (Wildman–Crippen LogP) is 2.22. The van der Waals surface area contributed by atoms with E-state index < -0.39 is 0 Å². The zero-order chi connectivity index (χ0) is 13.5. The van der Waals surface area contributed by atoms with Crippen molar-refractivity contribution < 1.29 is 5.21 Å². The molecule has 1 aliphatic carbocycles. The maximum absolute atomic E-state index is 8.57. The highest BCUT2D eigenvalue weighted by atomic mass is 16.4. The van der Waals surface area contributed by atoms with E-state index >= 15 is 0 Å². The molecule has 0 heterocycles. The highest BCUT2D eigenvalue weighted by Crippen LogP contribution is 2.27. The molecule has 0 unspecified atom stereocenters. The maximum Gasteiger partial charge on any atom is 0.140 e. The highest BCUT2D eigenvalue weighted by molar-refractivity contribution is 5.79. The number of oxime groups is 1. The van der Waals surface area contributed by atoms with Gasteiger partial charge in [-0.25, -0.2) is 0 Å². The quantitative estimate of drug-likeness (QED) is 0.326. The average molecular weight is 261 g/mol. The van der Waals surface area contributed by atoms with Gasteiger partial charge in [-0.15, -0.1) is 0 Å². The number of hydrogen-bond acceptors (Lipinski definition) is 3. The Hall–Kier alpha value is -1.55. The molecule has 0 atom stereocenters. The Labute approximate surface area is 114 Å². The number of rotatable bonds is 8. The summed E-state index contributed by atoms with van der Waals surface area (Å²) in [6, 6.07) is 11.3. The summed E-state index contributed by atoms with van der Waals surface area (Å²) in [5, 5.41) is 11.6. The first-order valence-electron chi connectivity index (χ1n) is 7.04. The zero-order valence-corrected chi connectivity index (χ0v) is 11.3. The first kappa shape index (κ1) is 13.9. The van der Waals surface area contributed by atoms with E-state index in [1.165, 1.54) is 18.4 Å². The Morgan fingerprint density at radius 2 is 2.00 bits per heavy atom. The maximum atomic E-state index is 8.57. The van der Waals surface area contributed by atoms with Gasteiger partial charge in [0.05, 0.1) is 0 Å². The Balaban J connectivity index is 1.71. The topological polar surface area (TPSA) is 61.8 Å². The molecule has 19 heavy (non-hydrogen) atoms. The van der Waals surface area contributed by atoms with Crippen LogP contribution in [-0.4, -0.2) is 35.1 Å². The molecule has 1 aliphatic rings. The number of aryl methyl sites for hydroxylation is 1. The van der Waals surface area contributed by atoms with E-state index in [9.17, 15) is 0 Å². The van der Waals surface area contributed by atoms with Crippen LogP contribution in [0.1, 0.15) is 31.2 Å². The minimum absolute atomic E-state index is 0.328. The molecule has 1 saturated carbocycles. The second-order valence-corrected chi connectivity index (χ2v) is 5.20. The fraction of sp³-hybridized carbons (Fsp3) is 0.533. The molecule has 1 aromatic carbocycles. The van der Waals surface area contributed by atoms with Crippen molar-refractivity contribution in [2.75, 3.05) is 13.1 Å². The Morgan fingerprint density at radius 1 is 1.26 bits per heavy atom. The summed E-state index contributed by atoms with van der Waals surface area (Å²) in [6.07, 6.45) is 5.52. The second-order valence-electron chi connectivity index (χ2n) is 5.20. The third kappa shape index (κ3) is 4.91. The zero-order valence-electron chi connectivity index (χ0n) is 11.3. The standard InChI is InChI=1S/C15H23N3O/c16-15(17-19)10-12-18(14-8-9-14)11-4-7-13-5-2-1-3-6-13/h1-3,5-6,14,19H,4,7-12H2,(H2,16,17). The summed E-state index contributed by atoms with van der Waals surface area (Å²) in [5.74, 6) is 0.328. The number of hydrogen-bond donors (Lipinski definition) is 2. The van der Waals surface area contributed by atoms with Crippen molar-refractivity contribution in [3.8, 4) is 0 Å². The van der Waals surface area contributed by atoms with Crippen molar-refractivity contribution >= 4 is 5.84 Å². The Bertz CT molecular complexity index is 401. The lowest BCUT2D eigenvalue weighted by Crippen LogP contribution is -2.31. The van der Waals surface area contributed by atoms with Crippen LogP contribution in [0.5, 0.6) is 0 Å². The normalized spacial score (nSPS) is 15.9. The summed E-state index contributed by atoms with van der Waals surface area (Å²) in [7, 11) is 0. The van der Waals surface area contributed by atoms with Crippen LogP contribution in [0.3, 0.4) is 0 Å². The molecule has 0 bridgehead atoms. The van der Waals surface area contributed by atoms with E-state index in [2.05, 4.69) is 40.4 Å². The van der Waals surface area contributed by atoms with Gasteiger partial charge < -0.3 is 10.9 Å². The Morgan fingerprint density at radius 3 is 2.63 bits per heavy atom. The minimum atomic E-state index is 0.328. The Kier molecular flexibility index (Phi) is 5.21. The lowest BCUT2D eigenvalue weighted by atomic mass is 10.1. The molecule has 1 aromatic rings. The fourth-order valence-electron chi connectivity index (χ4n) is 2.36. The van der Waals surface area contributed by atoms with Gasteiger partial charge in [-0.3, -0.25) is 4.90 Å². The molecular formula is C15H23N3O. The van der Waals surface area contributed by atoms with Gasteiger partial charge in [-0.2, -0.15) is 0 Å². The van der Waals surface area contributed by atoms with E-state index in [1.54, 1.807) is 0 Å². The minimum Gasteiger partial charge on any atom is -0.409 e. The van der Waals surface area contributed by atoms with Crippen LogP contribution in [0.2, 0.25) is 0 Å². The molecule has 4 heteroatoms. The van der Waals surface area contributed by atoms with Crippen LogP contribution in [-0.2, 0) is 6.42 Å². The largest absolute Gasteiger partial charge is 0.409 e. The van der Waals surface area contributed by atoms with Crippen molar-refractivity contribution in [1.29, 1.82) is 0 Å². The molecule has 2 rings (SSSR count). The van der Waals surface area contributed by atoms with E-state index in [0.717, 1.165) is 32.0 Å². The number of benzene rings is 1. The van der Waals surface area contributed by atoms with Crippen molar-refractivity contribution in [1.82, 2.24) is 4.90 Å². The first-order valence-corrected chi connectivity index (χ1v) is 7.04. The molecule has 3 N–H and O–H groups in total. The number of amidine groups is 1. The third-order valence-electron chi connectivity index (χ3n) is 3.60. The molecule has 0 saturated heterocycles. The van der Waals surface area contributed by atoms with Crippen LogP contribution in [0.4, 0.5) is 0 Å². The lowest BCUT2D eigenvalue weighted by molar-refractivity contribution is 0.264. The van der Waals surface area contributed by atoms with Gasteiger partial charge in [0.1, 0.15) is 5.84 Å². The van der Waals surface area contributed by atoms with Gasteiger partial charge in [0.25, 0.3) is 0 Å². The molecule has 0 radical (unpaired) electrons.